The van der Waals surface area contributed by atoms with Gasteiger partial charge in [0.05, 0.1) is 24.5 Å². The van der Waals surface area contributed by atoms with E-state index in [1.54, 1.807) is 23.5 Å². The van der Waals surface area contributed by atoms with E-state index in [0.717, 1.165) is 35.5 Å². The average molecular weight is 502 g/mol. The third kappa shape index (κ3) is 4.96. The second-order valence-electron chi connectivity index (χ2n) is 9.52. The molecule has 0 bridgehead atoms. The SMILES string of the molecule is CCCOc1ccc([C@@H]2/C(=C(\O)c3ccc4c(c3)C[C@@H](C)O4)C(=O)C(=O)N2CCCn2ccnc2)cc1. The molecule has 2 aliphatic heterocycles. The van der Waals surface area contributed by atoms with Gasteiger partial charge in [-0.1, -0.05) is 19.1 Å². The number of fused-ring (bicyclic) bond motifs is 1. The van der Waals surface area contributed by atoms with Gasteiger partial charge in [0.1, 0.15) is 23.4 Å². The summed E-state index contributed by atoms with van der Waals surface area (Å²) in [6.07, 6.45) is 7.59. The lowest BCUT2D eigenvalue weighted by atomic mass is 9.94. The predicted octanol–water partition coefficient (Wildman–Crippen LogP) is 4.51. The number of aliphatic hydroxyl groups is 1. The number of rotatable bonds is 9. The lowest BCUT2D eigenvalue weighted by Crippen LogP contribution is -2.31. The van der Waals surface area contributed by atoms with Gasteiger partial charge >= 0.3 is 0 Å². The van der Waals surface area contributed by atoms with E-state index in [4.69, 9.17) is 9.47 Å². The maximum Gasteiger partial charge on any atom is 0.295 e. The highest BCUT2D eigenvalue weighted by Gasteiger charge is 2.45. The first-order chi connectivity index (χ1) is 18.0. The molecule has 37 heavy (non-hydrogen) atoms. The molecule has 3 heterocycles. The van der Waals surface area contributed by atoms with Crippen LogP contribution in [0.3, 0.4) is 0 Å². The summed E-state index contributed by atoms with van der Waals surface area (Å²) in [6, 6.07) is 12.1. The second-order valence-corrected chi connectivity index (χ2v) is 9.52. The number of Topliss-reactive ketones (excluding diaryl/α,β-unsaturated/α-hetero) is 1. The number of imidazole rings is 1. The summed E-state index contributed by atoms with van der Waals surface area (Å²) < 4.78 is 13.4. The molecule has 192 valence electrons. The zero-order chi connectivity index (χ0) is 25.9. The molecule has 5 rings (SSSR count). The second kappa shape index (κ2) is 10.5. The summed E-state index contributed by atoms with van der Waals surface area (Å²) in [6.45, 7) is 5.64. The van der Waals surface area contributed by atoms with Gasteiger partial charge in [0.15, 0.2) is 0 Å². The zero-order valence-electron chi connectivity index (χ0n) is 21.1. The third-order valence-electron chi connectivity index (χ3n) is 6.75. The predicted molar refractivity (Wildman–Crippen MR) is 138 cm³/mol. The number of carbonyl (C=O) groups is 2. The fourth-order valence-corrected chi connectivity index (χ4v) is 4.99. The Kier molecular flexibility index (Phi) is 6.99. The van der Waals surface area contributed by atoms with Gasteiger partial charge in [0, 0.05) is 37.5 Å². The van der Waals surface area contributed by atoms with Gasteiger partial charge in [-0.15, -0.1) is 0 Å². The summed E-state index contributed by atoms with van der Waals surface area (Å²) in [5.74, 6) is 0.0379. The summed E-state index contributed by atoms with van der Waals surface area (Å²) >= 11 is 0. The lowest BCUT2D eigenvalue weighted by Gasteiger charge is -2.25. The van der Waals surface area contributed by atoms with Gasteiger partial charge in [0.2, 0.25) is 0 Å². The van der Waals surface area contributed by atoms with Gasteiger partial charge in [0.25, 0.3) is 11.7 Å². The van der Waals surface area contributed by atoms with E-state index in [1.807, 2.05) is 61.0 Å². The number of amides is 1. The first kappa shape index (κ1) is 24.6. The Balaban J connectivity index is 1.50. The van der Waals surface area contributed by atoms with E-state index in [2.05, 4.69) is 4.98 Å². The third-order valence-corrected chi connectivity index (χ3v) is 6.75. The van der Waals surface area contributed by atoms with Crippen LogP contribution in [0.15, 0.2) is 66.8 Å². The molecule has 2 aromatic carbocycles. The van der Waals surface area contributed by atoms with E-state index >= 15 is 0 Å². The van der Waals surface area contributed by atoms with Crippen molar-refractivity contribution < 1.29 is 24.2 Å². The first-order valence-electron chi connectivity index (χ1n) is 12.7. The first-order valence-corrected chi connectivity index (χ1v) is 12.7. The number of likely N-dealkylation sites (tertiary alicyclic amines) is 1. The molecular weight excluding hydrogens is 470 g/mol. The molecule has 8 heteroatoms. The normalized spacial score (nSPS) is 20.2. The van der Waals surface area contributed by atoms with Crippen molar-refractivity contribution in [3.05, 3.63) is 83.4 Å². The number of carbonyl (C=O) groups excluding carboxylic acids is 2. The number of ether oxygens (including phenoxy) is 2. The van der Waals surface area contributed by atoms with Crippen LogP contribution in [0, 0.1) is 0 Å². The minimum absolute atomic E-state index is 0.0573. The molecule has 0 saturated carbocycles. The molecule has 0 unspecified atom stereocenters. The molecule has 0 spiro atoms. The van der Waals surface area contributed by atoms with Crippen LogP contribution in [0.2, 0.25) is 0 Å². The highest BCUT2D eigenvalue weighted by Crippen LogP contribution is 2.41. The molecule has 2 aliphatic rings. The minimum atomic E-state index is -0.702. The molecular formula is C29H31N3O5. The molecule has 1 fully saturated rings. The molecule has 0 radical (unpaired) electrons. The summed E-state index contributed by atoms with van der Waals surface area (Å²) in [7, 11) is 0. The average Bonchev–Trinajstić information content (AvgIpc) is 3.61. The van der Waals surface area contributed by atoms with Gasteiger partial charge in [-0.3, -0.25) is 9.59 Å². The minimum Gasteiger partial charge on any atom is -0.507 e. The summed E-state index contributed by atoms with van der Waals surface area (Å²) in [4.78, 5) is 32.2. The maximum atomic E-state index is 13.3. The molecule has 1 amide bonds. The number of aliphatic hydroxyl groups excluding tert-OH is 1. The molecule has 2 atom stereocenters. The van der Waals surface area contributed by atoms with Gasteiger partial charge in [-0.2, -0.15) is 0 Å². The molecule has 8 nitrogen and oxygen atoms in total. The quantitative estimate of drug-likeness (QED) is 0.264. The molecule has 3 aromatic rings. The Bertz CT molecular complexity index is 1310. The fourth-order valence-electron chi connectivity index (χ4n) is 4.99. The van der Waals surface area contributed by atoms with E-state index in [9.17, 15) is 14.7 Å². The van der Waals surface area contributed by atoms with Crippen molar-refractivity contribution >= 4 is 17.4 Å². The smallest absolute Gasteiger partial charge is 0.295 e. The van der Waals surface area contributed by atoms with Crippen molar-refractivity contribution in [3.8, 4) is 11.5 Å². The van der Waals surface area contributed by atoms with Crippen molar-refractivity contribution in [1.82, 2.24) is 14.5 Å². The van der Waals surface area contributed by atoms with Crippen molar-refractivity contribution in [1.29, 1.82) is 0 Å². The number of hydrogen-bond acceptors (Lipinski definition) is 6. The van der Waals surface area contributed by atoms with Crippen LogP contribution in [0.25, 0.3) is 5.76 Å². The maximum absolute atomic E-state index is 13.3. The van der Waals surface area contributed by atoms with E-state index < -0.39 is 17.7 Å². The highest BCUT2D eigenvalue weighted by molar-refractivity contribution is 6.46. The van der Waals surface area contributed by atoms with Crippen molar-refractivity contribution in [2.45, 2.75) is 51.8 Å². The highest BCUT2D eigenvalue weighted by atomic mass is 16.5. The molecule has 0 aliphatic carbocycles. The number of ketones is 1. The summed E-state index contributed by atoms with van der Waals surface area (Å²) in [5, 5.41) is 11.4. The van der Waals surface area contributed by atoms with Crippen molar-refractivity contribution in [2.75, 3.05) is 13.2 Å². The number of aromatic nitrogens is 2. The monoisotopic (exact) mass is 501 g/mol. The Morgan fingerprint density at radius 1 is 1.16 bits per heavy atom. The largest absolute Gasteiger partial charge is 0.507 e. The van der Waals surface area contributed by atoms with Crippen LogP contribution in [0.4, 0.5) is 0 Å². The number of hydrogen-bond donors (Lipinski definition) is 1. The molecule has 1 aromatic heterocycles. The van der Waals surface area contributed by atoms with E-state index in [0.29, 0.717) is 31.7 Å². The number of aryl methyl sites for hydroxylation is 1. The van der Waals surface area contributed by atoms with Crippen molar-refractivity contribution in [3.63, 3.8) is 0 Å². The Morgan fingerprint density at radius 3 is 2.70 bits per heavy atom. The standard InChI is InChI=1S/C29H31N3O5/c1-3-15-36-23-8-5-20(6-9-23)26-25(27(33)21-7-10-24-22(17-21)16-19(2)37-24)28(34)29(35)32(26)13-4-12-31-14-11-30-18-31/h5-11,14,17-19,26,33H,3-4,12-13,15-16H2,1-2H3/b27-25+/t19-,26-/m1/s1. The number of nitrogens with zero attached hydrogens (tertiary/aromatic N) is 3. The number of benzene rings is 2. The van der Waals surface area contributed by atoms with Gasteiger partial charge in [-0.05, 0) is 61.2 Å². The Labute approximate surface area is 216 Å². The Hall–Kier alpha value is -4.07. The van der Waals surface area contributed by atoms with Crippen LogP contribution in [-0.2, 0) is 22.6 Å². The van der Waals surface area contributed by atoms with Crippen LogP contribution >= 0.6 is 0 Å². The van der Waals surface area contributed by atoms with Crippen molar-refractivity contribution in [2.24, 2.45) is 0 Å². The summed E-state index contributed by atoms with van der Waals surface area (Å²) in [5.41, 5.74) is 2.31. The van der Waals surface area contributed by atoms with Gasteiger partial charge < -0.3 is 24.0 Å². The fraction of sp³-hybridized carbons (Fsp3) is 0.345. The van der Waals surface area contributed by atoms with Crippen LogP contribution in [0.1, 0.15) is 49.4 Å². The van der Waals surface area contributed by atoms with E-state index in [-0.39, 0.29) is 17.4 Å². The van der Waals surface area contributed by atoms with Gasteiger partial charge in [-0.25, -0.2) is 4.98 Å². The molecule has 1 N–H and O–H groups in total. The van der Waals surface area contributed by atoms with Crippen LogP contribution < -0.4 is 9.47 Å². The lowest BCUT2D eigenvalue weighted by molar-refractivity contribution is -0.139. The van der Waals surface area contributed by atoms with Crippen LogP contribution in [-0.4, -0.2) is 50.5 Å². The van der Waals surface area contributed by atoms with E-state index in [1.165, 1.54) is 0 Å². The Morgan fingerprint density at radius 2 is 1.97 bits per heavy atom. The zero-order valence-corrected chi connectivity index (χ0v) is 21.1. The molecule has 1 saturated heterocycles. The van der Waals surface area contributed by atoms with Crippen LogP contribution in [0.5, 0.6) is 11.5 Å². The topological polar surface area (TPSA) is 93.9 Å².